The summed E-state index contributed by atoms with van der Waals surface area (Å²) in [4.78, 5) is 9.23. The Kier molecular flexibility index (Phi) is 5.30. The molecular weight excluding hydrogens is 273 g/mol. The fraction of sp³-hybridized carbons (Fsp3) is 0.400. The van der Waals surface area contributed by atoms with E-state index in [0.717, 1.165) is 11.5 Å². The molecule has 1 aromatic carbocycles. The van der Waals surface area contributed by atoms with Crippen LogP contribution in [0.3, 0.4) is 0 Å². The molecule has 0 amide bonds. The number of nitrogens with one attached hydrogen (secondary N) is 1. The van der Waals surface area contributed by atoms with Crippen LogP contribution in [-0.4, -0.2) is 40.2 Å². The van der Waals surface area contributed by atoms with E-state index in [1.165, 1.54) is 7.11 Å². The van der Waals surface area contributed by atoms with Gasteiger partial charge in [-0.3, -0.25) is 4.90 Å². The maximum atomic E-state index is 14.2. The SMILES string of the molecule is COc1cccc(CN(CCO)Cc2cnc(C)[nH]2)c1F. The van der Waals surface area contributed by atoms with E-state index in [-0.39, 0.29) is 18.2 Å². The Morgan fingerprint density at radius 2 is 2.19 bits per heavy atom. The molecule has 2 rings (SSSR count). The lowest BCUT2D eigenvalue weighted by molar-refractivity contribution is 0.181. The molecular formula is C15H20FN3O2. The number of hydrogen-bond donors (Lipinski definition) is 2. The van der Waals surface area contributed by atoms with Crippen LogP contribution >= 0.6 is 0 Å². The highest BCUT2D eigenvalue weighted by atomic mass is 19.1. The van der Waals surface area contributed by atoms with Gasteiger partial charge in [0.05, 0.1) is 13.7 Å². The highest BCUT2D eigenvalue weighted by molar-refractivity contribution is 5.31. The largest absolute Gasteiger partial charge is 0.494 e. The minimum absolute atomic E-state index is 0.0126. The highest BCUT2D eigenvalue weighted by Gasteiger charge is 2.13. The Hall–Kier alpha value is -1.92. The van der Waals surface area contributed by atoms with E-state index >= 15 is 0 Å². The molecule has 5 nitrogen and oxygen atoms in total. The second kappa shape index (κ2) is 7.19. The molecule has 0 bridgehead atoms. The van der Waals surface area contributed by atoms with Crippen molar-refractivity contribution in [3.63, 3.8) is 0 Å². The summed E-state index contributed by atoms with van der Waals surface area (Å²) >= 11 is 0. The van der Waals surface area contributed by atoms with Gasteiger partial charge in [0, 0.05) is 37.1 Å². The maximum absolute atomic E-state index is 14.2. The molecule has 2 N–H and O–H groups in total. The van der Waals surface area contributed by atoms with Gasteiger partial charge in [-0.05, 0) is 13.0 Å². The number of rotatable bonds is 7. The molecule has 114 valence electrons. The molecule has 0 aliphatic rings. The van der Waals surface area contributed by atoms with Crippen LogP contribution in [0.4, 0.5) is 4.39 Å². The number of ether oxygens (including phenoxy) is 1. The fourth-order valence-electron chi connectivity index (χ4n) is 2.23. The van der Waals surface area contributed by atoms with Crippen LogP contribution < -0.4 is 4.74 Å². The van der Waals surface area contributed by atoms with Gasteiger partial charge in [-0.1, -0.05) is 12.1 Å². The number of aromatic amines is 1. The molecule has 0 radical (unpaired) electrons. The quantitative estimate of drug-likeness (QED) is 0.818. The summed E-state index contributed by atoms with van der Waals surface area (Å²) in [5.74, 6) is 0.707. The lowest BCUT2D eigenvalue weighted by Crippen LogP contribution is -2.26. The van der Waals surface area contributed by atoms with E-state index in [1.807, 2.05) is 11.8 Å². The Morgan fingerprint density at radius 1 is 1.38 bits per heavy atom. The highest BCUT2D eigenvalue weighted by Crippen LogP contribution is 2.21. The number of benzene rings is 1. The van der Waals surface area contributed by atoms with Crippen LogP contribution in [0.1, 0.15) is 17.1 Å². The summed E-state index contributed by atoms with van der Waals surface area (Å²) < 4.78 is 19.2. The summed E-state index contributed by atoms with van der Waals surface area (Å²) in [6.45, 7) is 3.30. The van der Waals surface area contributed by atoms with Gasteiger partial charge >= 0.3 is 0 Å². The first-order valence-electron chi connectivity index (χ1n) is 6.79. The van der Waals surface area contributed by atoms with E-state index in [9.17, 15) is 9.50 Å². The molecule has 0 unspecified atom stereocenters. The van der Waals surface area contributed by atoms with Crippen molar-refractivity contribution in [2.45, 2.75) is 20.0 Å². The monoisotopic (exact) mass is 293 g/mol. The minimum atomic E-state index is -0.358. The van der Waals surface area contributed by atoms with Crippen LogP contribution in [0.25, 0.3) is 0 Å². The molecule has 2 aromatic rings. The van der Waals surface area contributed by atoms with Gasteiger partial charge < -0.3 is 14.8 Å². The third kappa shape index (κ3) is 4.03. The van der Waals surface area contributed by atoms with Crippen molar-refractivity contribution in [3.8, 4) is 5.75 Å². The van der Waals surface area contributed by atoms with Gasteiger partial charge in [0.2, 0.25) is 0 Å². The first-order chi connectivity index (χ1) is 10.1. The van der Waals surface area contributed by atoms with Crippen molar-refractivity contribution in [2.24, 2.45) is 0 Å². The maximum Gasteiger partial charge on any atom is 0.169 e. The minimum Gasteiger partial charge on any atom is -0.494 e. The van der Waals surface area contributed by atoms with Gasteiger partial charge in [-0.2, -0.15) is 0 Å². The molecule has 21 heavy (non-hydrogen) atoms. The number of imidazole rings is 1. The van der Waals surface area contributed by atoms with Gasteiger partial charge in [-0.15, -0.1) is 0 Å². The Morgan fingerprint density at radius 3 is 2.81 bits per heavy atom. The number of H-pyrrole nitrogens is 1. The Labute approximate surface area is 123 Å². The van der Waals surface area contributed by atoms with Crippen LogP contribution in [0, 0.1) is 12.7 Å². The van der Waals surface area contributed by atoms with E-state index in [2.05, 4.69) is 9.97 Å². The molecule has 0 fully saturated rings. The average Bonchev–Trinajstić information content (AvgIpc) is 2.86. The van der Waals surface area contributed by atoms with Gasteiger partial charge in [0.1, 0.15) is 5.82 Å². The summed E-state index contributed by atoms with van der Waals surface area (Å²) in [5, 5.41) is 9.18. The summed E-state index contributed by atoms with van der Waals surface area (Å²) in [6, 6.07) is 5.07. The number of aromatic nitrogens is 2. The molecule has 0 aliphatic heterocycles. The Balaban J connectivity index is 2.12. The van der Waals surface area contributed by atoms with Crippen molar-refractivity contribution in [2.75, 3.05) is 20.3 Å². The lowest BCUT2D eigenvalue weighted by Gasteiger charge is -2.21. The first kappa shape index (κ1) is 15.5. The number of halogens is 1. The average molecular weight is 293 g/mol. The summed E-state index contributed by atoms with van der Waals surface area (Å²) in [6.07, 6.45) is 1.75. The molecule has 0 aliphatic carbocycles. The third-order valence-corrected chi connectivity index (χ3v) is 3.22. The van der Waals surface area contributed by atoms with E-state index < -0.39 is 0 Å². The molecule has 0 atom stereocenters. The van der Waals surface area contributed by atoms with E-state index in [0.29, 0.717) is 25.2 Å². The Bertz CT molecular complexity index is 586. The molecule has 0 spiro atoms. The van der Waals surface area contributed by atoms with Gasteiger partial charge in [0.15, 0.2) is 11.6 Å². The summed E-state index contributed by atoms with van der Waals surface area (Å²) in [5.41, 5.74) is 1.48. The lowest BCUT2D eigenvalue weighted by atomic mass is 10.2. The second-order valence-electron chi connectivity index (χ2n) is 4.86. The standard InChI is InChI=1S/C15H20FN3O2/c1-11-17-8-13(18-11)10-19(6-7-20)9-12-4-3-5-14(21-2)15(12)16/h3-5,8,20H,6-7,9-10H2,1-2H3,(H,17,18). The van der Waals surface area contributed by atoms with Gasteiger partial charge in [0.25, 0.3) is 0 Å². The smallest absolute Gasteiger partial charge is 0.169 e. The fourth-order valence-corrected chi connectivity index (χ4v) is 2.23. The number of aliphatic hydroxyl groups is 1. The number of aryl methyl sites for hydroxylation is 1. The zero-order valence-corrected chi connectivity index (χ0v) is 12.3. The van der Waals surface area contributed by atoms with Crippen molar-refractivity contribution in [1.29, 1.82) is 0 Å². The predicted octanol–water partition coefficient (Wildman–Crippen LogP) is 1.86. The predicted molar refractivity (Wildman–Crippen MR) is 77.5 cm³/mol. The van der Waals surface area contributed by atoms with Crippen LogP contribution in [0.5, 0.6) is 5.75 Å². The van der Waals surface area contributed by atoms with Crippen LogP contribution in [0.15, 0.2) is 24.4 Å². The molecule has 0 saturated carbocycles. The number of aliphatic hydroxyl groups excluding tert-OH is 1. The zero-order valence-electron chi connectivity index (χ0n) is 12.3. The van der Waals surface area contributed by atoms with Crippen molar-refractivity contribution < 1.29 is 14.2 Å². The van der Waals surface area contributed by atoms with E-state index in [1.54, 1.807) is 24.4 Å². The number of hydrogen-bond acceptors (Lipinski definition) is 4. The normalized spacial score (nSPS) is 11.1. The summed E-state index contributed by atoms with van der Waals surface area (Å²) in [7, 11) is 1.45. The zero-order chi connectivity index (χ0) is 15.2. The van der Waals surface area contributed by atoms with Crippen molar-refractivity contribution in [1.82, 2.24) is 14.9 Å². The van der Waals surface area contributed by atoms with Crippen molar-refractivity contribution >= 4 is 0 Å². The van der Waals surface area contributed by atoms with E-state index in [4.69, 9.17) is 4.74 Å². The molecule has 1 heterocycles. The number of nitrogens with zero attached hydrogens (tertiary/aromatic N) is 2. The van der Waals surface area contributed by atoms with Gasteiger partial charge in [-0.25, -0.2) is 9.37 Å². The van der Waals surface area contributed by atoms with Crippen LogP contribution in [0.2, 0.25) is 0 Å². The van der Waals surface area contributed by atoms with Crippen LogP contribution in [-0.2, 0) is 13.1 Å². The van der Waals surface area contributed by atoms with Crippen molar-refractivity contribution in [3.05, 3.63) is 47.3 Å². The molecule has 6 heteroatoms. The molecule has 0 saturated heterocycles. The third-order valence-electron chi connectivity index (χ3n) is 3.22. The topological polar surface area (TPSA) is 61.4 Å². The number of methoxy groups -OCH3 is 1. The first-order valence-corrected chi connectivity index (χ1v) is 6.79. The molecule has 1 aromatic heterocycles. The second-order valence-corrected chi connectivity index (χ2v) is 4.86.